The summed E-state index contributed by atoms with van der Waals surface area (Å²) in [4.78, 5) is 14.4. The van der Waals surface area contributed by atoms with E-state index in [2.05, 4.69) is 17.1 Å². The second-order valence-electron chi connectivity index (χ2n) is 5.00. The predicted octanol–water partition coefficient (Wildman–Crippen LogP) is 1.53. The lowest BCUT2D eigenvalue weighted by Gasteiger charge is -2.34. The molecule has 3 nitrogen and oxygen atoms in total. The zero-order valence-electron chi connectivity index (χ0n) is 9.83. The fourth-order valence-corrected chi connectivity index (χ4v) is 2.90. The number of hydrogen-bond acceptors (Lipinski definition) is 2. The van der Waals surface area contributed by atoms with Crippen molar-refractivity contribution in [2.24, 2.45) is 0 Å². The molecule has 0 radical (unpaired) electrons. The number of rotatable bonds is 1. The van der Waals surface area contributed by atoms with Gasteiger partial charge in [-0.15, -0.1) is 0 Å². The molecule has 1 saturated heterocycles. The van der Waals surface area contributed by atoms with Gasteiger partial charge in [-0.1, -0.05) is 12.8 Å². The molecular weight excluding hydrogens is 188 g/mol. The molecule has 1 amide bonds. The number of hydrogen-bond donors (Lipinski definition) is 1. The third-order valence-electron chi connectivity index (χ3n) is 3.83. The average molecular weight is 210 g/mol. The van der Waals surface area contributed by atoms with Gasteiger partial charge in [0, 0.05) is 12.1 Å². The minimum absolute atomic E-state index is 0.00977. The molecule has 0 aromatic rings. The number of nitrogens with one attached hydrogen (secondary N) is 1. The van der Waals surface area contributed by atoms with Crippen LogP contribution in [0.2, 0.25) is 0 Å². The quantitative estimate of drug-likeness (QED) is 0.712. The van der Waals surface area contributed by atoms with Crippen molar-refractivity contribution < 1.29 is 4.79 Å². The van der Waals surface area contributed by atoms with E-state index in [1.807, 2.05) is 6.92 Å². The van der Waals surface area contributed by atoms with Gasteiger partial charge in [-0.25, -0.2) is 0 Å². The van der Waals surface area contributed by atoms with E-state index in [1.54, 1.807) is 0 Å². The lowest BCUT2D eigenvalue weighted by atomic mass is 10.1. The van der Waals surface area contributed by atoms with Gasteiger partial charge in [0.25, 0.3) is 0 Å². The van der Waals surface area contributed by atoms with Crippen molar-refractivity contribution in [3.63, 3.8) is 0 Å². The molecule has 86 valence electrons. The zero-order valence-corrected chi connectivity index (χ0v) is 9.83. The van der Waals surface area contributed by atoms with E-state index >= 15 is 0 Å². The van der Waals surface area contributed by atoms with Crippen LogP contribution in [0.25, 0.3) is 0 Å². The van der Waals surface area contributed by atoms with Crippen LogP contribution in [0, 0.1) is 0 Å². The highest BCUT2D eigenvalue weighted by molar-refractivity contribution is 5.82. The molecule has 1 N–H and O–H groups in total. The van der Waals surface area contributed by atoms with Gasteiger partial charge in [0.05, 0.1) is 6.04 Å². The lowest BCUT2D eigenvalue weighted by molar-refractivity contribution is -0.136. The third kappa shape index (κ3) is 2.17. The summed E-state index contributed by atoms with van der Waals surface area (Å²) in [7, 11) is 0. The van der Waals surface area contributed by atoms with Crippen LogP contribution in [0.3, 0.4) is 0 Å². The smallest absolute Gasteiger partial charge is 0.239 e. The van der Waals surface area contributed by atoms with Crippen molar-refractivity contribution in [2.45, 2.75) is 64.1 Å². The Hall–Kier alpha value is -0.570. The molecule has 0 aromatic heterocycles. The van der Waals surface area contributed by atoms with Gasteiger partial charge < -0.3 is 10.2 Å². The highest BCUT2D eigenvalue weighted by Crippen LogP contribution is 2.27. The summed E-state index contributed by atoms with van der Waals surface area (Å²) in [5.74, 6) is 0.312. The van der Waals surface area contributed by atoms with Gasteiger partial charge in [-0.3, -0.25) is 4.79 Å². The second kappa shape index (κ2) is 4.52. The molecule has 2 atom stereocenters. The SMILES string of the molecule is CC1NCCC(C)N(C2CCCC2)C1=O. The first kappa shape index (κ1) is 10.9. The molecule has 15 heavy (non-hydrogen) atoms. The Balaban J connectivity index is 2.12. The Labute approximate surface area is 92.2 Å². The van der Waals surface area contributed by atoms with Crippen LogP contribution in [0.5, 0.6) is 0 Å². The van der Waals surface area contributed by atoms with E-state index in [1.165, 1.54) is 25.7 Å². The number of carbonyl (C=O) groups is 1. The van der Waals surface area contributed by atoms with Crippen LogP contribution in [0.1, 0.15) is 46.0 Å². The molecule has 2 fully saturated rings. The van der Waals surface area contributed by atoms with Gasteiger partial charge in [0.2, 0.25) is 5.91 Å². The van der Waals surface area contributed by atoms with Gasteiger partial charge in [0.1, 0.15) is 0 Å². The minimum Gasteiger partial charge on any atom is -0.336 e. The van der Waals surface area contributed by atoms with Crippen LogP contribution >= 0.6 is 0 Å². The Morgan fingerprint density at radius 1 is 1.20 bits per heavy atom. The number of carbonyl (C=O) groups excluding carboxylic acids is 1. The highest BCUT2D eigenvalue weighted by Gasteiger charge is 2.34. The molecule has 3 heteroatoms. The first-order chi connectivity index (χ1) is 7.20. The van der Waals surface area contributed by atoms with Gasteiger partial charge >= 0.3 is 0 Å². The average Bonchev–Trinajstić information content (AvgIpc) is 2.67. The first-order valence-electron chi connectivity index (χ1n) is 6.25. The summed E-state index contributed by atoms with van der Waals surface area (Å²) < 4.78 is 0. The standard InChI is InChI=1S/C12H22N2O/c1-9-7-8-13-10(2)12(15)14(9)11-5-3-4-6-11/h9-11,13H,3-8H2,1-2H3. The Morgan fingerprint density at radius 3 is 2.53 bits per heavy atom. The molecule has 1 saturated carbocycles. The third-order valence-corrected chi connectivity index (χ3v) is 3.83. The van der Waals surface area contributed by atoms with Crippen molar-refractivity contribution in [3.05, 3.63) is 0 Å². The molecule has 0 bridgehead atoms. The fraction of sp³-hybridized carbons (Fsp3) is 0.917. The molecule has 2 rings (SSSR count). The van der Waals surface area contributed by atoms with Crippen LogP contribution in [-0.2, 0) is 4.79 Å². The van der Waals surface area contributed by atoms with Crippen molar-refractivity contribution >= 4 is 5.91 Å². The van der Waals surface area contributed by atoms with Gasteiger partial charge in [0.15, 0.2) is 0 Å². The lowest BCUT2D eigenvalue weighted by Crippen LogP contribution is -2.48. The van der Waals surface area contributed by atoms with Crippen molar-refractivity contribution in [1.82, 2.24) is 10.2 Å². The minimum atomic E-state index is 0.00977. The van der Waals surface area contributed by atoms with E-state index in [4.69, 9.17) is 0 Å². The number of amides is 1. The molecule has 1 heterocycles. The summed E-state index contributed by atoms with van der Waals surface area (Å²) in [6.07, 6.45) is 6.10. The maximum atomic E-state index is 12.2. The topological polar surface area (TPSA) is 32.3 Å². The summed E-state index contributed by atoms with van der Waals surface area (Å²) in [5, 5.41) is 3.29. The molecule has 0 spiro atoms. The summed E-state index contributed by atoms with van der Waals surface area (Å²) in [5.41, 5.74) is 0. The second-order valence-corrected chi connectivity index (χ2v) is 5.00. The van der Waals surface area contributed by atoms with Crippen LogP contribution in [0.15, 0.2) is 0 Å². The van der Waals surface area contributed by atoms with E-state index in [0.717, 1.165) is 13.0 Å². The maximum Gasteiger partial charge on any atom is 0.239 e. The van der Waals surface area contributed by atoms with Crippen molar-refractivity contribution in [2.75, 3.05) is 6.54 Å². The molecule has 2 aliphatic rings. The Morgan fingerprint density at radius 2 is 1.87 bits per heavy atom. The van der Waals surface area contributed by atoms with Crippen molar-refractivity contribution in [1.29, 1.82) is 0 Å². The van der Waals surface area contributed by atoms with E-state index in [-0.39, 0.29) is 6.04 Å². The Kier molecular flexibility index (Phi) is 3.29. The van der Waals surface area contributed by atoms with Crippen molar-refractivity contribution in [3.8, 4) is 0 Å². The van der Waals surface area contributed by atoms with E-state index < -0.39 is 0 Å². The zero-order chi connectivity index (χ0) is 10.8. The molecule has 1 aliphatic carbocycles. The molecular formula is C12H22N2O. The fourth-order valence-electron chi connectivity index (χ4n) is 2.90. The highest BCUT2D eigenvalue weighted by atomic mass is 16.2. The summed E-state index contributed by atoms with van der Waals surface area (Å²) in [6, 6.07) is 0.948. The van der Waals surface area contributed by atoms with E-state index in [9.17, 15) is 4.79 Å². The normalized spacial score (nSPS) is 34.5. The first-order valence-corrected chi connectivity index (χ1v) is 6.25. The maximum absolute atomic E-state index is 12.2. The van der Waals surface area contributed by atoms with Crippen LogP contribution in [0.4, 0.5) is 0 Å². The molecule has 2 unspecified atom stereocenters. The molecule has 0 aromatic carbocycles. The predicted molar refractivity (Wildman–Crippen MR) is 60.6 cm³/mol. The van der Waals surface area contributed by atoms with E-state index in [0.29, 0.717) is 18.0 Å². The number of nitrogens with zero attached hydrogens (tertiary/aromatic N) is 1. The largest absolute Gasteiger partial charge is 0.336 e. The summed E-state index contributed by atoms with van der Waals surface area (Å²) in [6.45, 7) is 5.15. The Bertz CT molecular complexity index is 236. The van der Waals surface area contributed by atoms with Crippen LogP contribution < -0.4 is 5.32 Å². The van der Waals surface area contributed by atoms with Gasteiger partial charge in [-0.2, -0.15) is 0 Å². The monoisotopic (exact) mass is 210 g/mol. The summed E-state index contributed by atoms with van der Waals surface area (Å²) >= 11 is 0. The van der Waals surface area contributed by atoms with Crippen LogP contribution in [-0.4, -0.2) is 35.5 Å². The van der Waals surface area contributed by atoms with Gasteiger partial charge in [-0.05, 0) is 39.7 Å². The molecule has 1 aliphatic heterocycles.